The van der Waals surface area contributed by atoms with Crippen molar-refractivity contribution in [2.24, 2.45) is 5.92 Å². The Bertz CT molecular complexity index is 548. The molecule has 0 spiro atoms. The molecule has 1 aliphatic rings. The average Bonchev–Trinajstić information content (AvgIpc) is 2.95. The number of esters is 1. The molecule has 0 radical (unpaired) electrons. The maximum Gasteiger partial charge on any atom is 0.308 e. The fraction of sp³-hybridized carbons (Fsp3) is 0.583. The van der Waals surface area contributed by atoms with Gasteiger partial charge in [0.2, 0.25) is 5.91 Å². The molecular formula is C12H16N4O5. The summed E-state index contributed by atoms with van der Waals surface area (Å²) in [6, 6.07) is 0. The zero-order valence-electron chi connectivity index (χ0n) is 11.6. The van der Waals surface area contributed by atoms with Crippen molar-refractivity contribution < 1.29 is 19.2 Å². The number of hydrogen-bond donors (Lipinski definition) is 0. The van der Waals surface area contributed by atoms with Crippen LogP contribution in [0.4, 0.5) is 5.69 Å². The summed E-state index contributed by atoms with van der Waals surface area (Å²) >= 11 is 0. The zero-order chi connectivity index (χ0) is 15.4. The van der Waals surface area contributed by atoms with Crippen LogP contribution in [0, 0.1) is 16.0 Å². The first-order chi connectivity index (χ1) is 10.0. The Labute approximate surface area is 120 Å². The molecule has 1 aromatic heterocycles. The van der Waals surface area contributed by atoms with Gasteiger partial charge >= 0.3 is 11.7 Å². The van der Waals surface area contributed by atoms with Crippen molar-refractivity contribution in [1.82, 2.24) is 14.7 Å². The highest BCUT2D eigenvalue weighted by Gasteiger charge is 2.28. The molecule has 114 valence electrons. The lowest BCUT2D eigenvalue weighted by Gasteiger charge is -2.30. The van der Waals surface area contributed by atoms with Gasteiger partial charge in [-0.05, 0) is 12.8 Å². The molecule has 1 fully saturated rings. The summed E-state index contributed by atoms with van der Waals surface area (Å²) in [5.74, 6) is -0.578. The first-order valence-electron chi connectivity index (χ1n) is 6.53. The Kier molecular flexibility index (Phi) is 4.51. The standard InChI is InChI=1S/C12H16N4O5/c1-21-12(18)9-2-4-14(5-3-9)11(17)8-15-7-10(6-13-15)16(19)20/h6-7,9H,2-5,8H2,1H3. The zero-order valence-corrected chi connectivity index (χ0v) is 11.6. The van der Waals surface area contributed by atoms with Gasteiger partial charge in [-0.3, -0.25) is 24.4 Å². The van der Waals surface area contributed by atoms with Crippen LogP contribution in [-0.2, 0) is 20.9 Å². The minimum atomic E-state index is -0.560. The molecule has 0 N–H and O–H groups in total. The van der Waals surface area contributed by atoms with E-state index in [0.29, 0.717) is 25.9 Å². The Hall–Kier alpha value is -2.45. The number of aromatic nitrogens is 2. The predicted octanol–water partition coefficient (Wildman–Crippen LogP) is 0.203. The number of nitro groups is 1. The van der Waals surface area contributed by atoms with E-state index in [9.17, 15) is 19.7 Å². The van der Waals surface area contributed by atoms with Crippen LogP contribution in [-0.4, -0.2) is 51.7 Å². The molecule has 0 aliphatic carbocycles. The highest BCUT2D eigenvalue weighted by Crippen LogP contribution is 2.19. The average molecular weight is 296 g/mol. The van der Waals surface area contributed by atoms with E-state index in [-0.39, 0.29) is 30.0 Å². The van der Waals surface area contributed by atoms with Gasteiger partial charge in [0.05, 0.1) is 18.0 Å². The first-order valence-corrected chi connectivity index (χ1v) is 6.53. The summed E-state index contributed by atoms with van der Waals surface area (Å²) in [5, 5.41) is 14.3. The molecule has 1 saturated heterocycles. The van der Waals surface area contributed by atoms with Gasteiger partial charge in [0, 0.05) is 13.1 Å². The van der Waals surface area contributed by atoms with Crippen LogP contribution in [0.3, 0.4) is 0 Å². The number of ether oxygens (including phenoxy) is 1. The largest absolute Gasteiger partial charge is 0.469 e. The molecule has 9 heteroatoms. The smallest absolute Gasteiger partial charge is 0.308 e. The third kappa shape index (κ3) is 3.56. The Morgan fingerprint density at radius 3 is 2.67 bits per heavy atom. The van der Waals surface area contributed by atoms with E-state index in [1.807, 2.05) is 0 Å². The second-order valence-corrected chi connectivity index (χ2v) is 4.83. The molecule has 2 heterocycles. The maximum atomic E-state index is 12.1. The molecule has 0 unspecified atom stereocenters. The molecule has 0 saturated carbocycles. The van der Waals surface area contributed by atoms with Gasteiger partial charge in [-0.25, -0.2) is 0 Å². The second kappa shape index (κ2) is 6.33. The topological polar surface area (TPSA) is 108 Å². The van der Waals surface area contributed by atoms with E-state index in [4.69, 9.17) is 0 Å². The molecule has 1 amide bonds. The van der Waals surface area contributed by atoms with Gasteiger partial charge in [-0.1, -0.05) is 0 Å². The summed E-state index contributed by atoms with van der Waals surface area (Å²) in [6.45, 7) is 0.903. The Balaban J connectivity index is 1.87. The van der Waals surface area contributed by atoms with Crippen molar-refractivity contribution >= 4 is 17.6 Å². The highest BCUT2D eigenvalue weighted by atomic mass is 16.6. The van der Waals surface area contributed by atoms with E-state index < -0.39 is 4.92 Å². The van der Waals surface area contributed by atoms with E-state index in [2.05, 4.69) is 9.84 Å². The monoisotopic (exact) mass is 296 g/mol. The number of hydrogen-bond acceptors (Lipinski definition) is 6. The van der Waals surface area contributed by atoms with E-state index in [1.165, 1.54) is 18.0 Å². The molecule has 0 bridgehead atoms. The third-order valence-electron chi connectivity index (χ3n) is 3.51. The fourth-order valence-electron chi connectivity index (χ4n) is 2.30. The lowest BCUT2D eigenvalue weighted by Crippen LogP contribution is -2.42. The van der Waals surface area contributed by atoms with E-state index in [0.717, 1.165) is 6.20 Å². The van der Waals surface area contributed by atoms with Crippen LogP contribution in [0.1, 0.15) is 12.8 Å². The van der Waals surface area contributed by atoms with Gasteiger partial charge in [0.1, 0.15) is 18.9 Å². The van der Waals surface area contributed by atoms with E-state index in [1.54, 1.807) is 4.90 Å². The van der Waals surface area contributed by atoms with Gasteiger partial charge in [0.25, 0.3) is 0 Å². The number of methoxy groups -OCH3 is 1. The third-order valence-corrected chi connectivity index (χ3v) is 3.51. The van der Waals surface area contributed by atoms with Crippen LogP contribution in [0.25, 0.3) is 0 Å². The molecule has 0 aromatic carbocycles. The second-order valence-electron chi connectivity index (χ2n) is 4.83. The first kappa shape index (κ1) is 14.9. The predicted molar refractivity (Wildman–Crippen MR) is 70.2 cm³/mol. The summed E-state index contributed by atoms with van der Waals surface area (Å²) < 4.78 is 5.93. The van der Waals surface area contributed by atoms with Crippen LogP contribution in [0.2, 0.25) is 0 Å². The number of carbonyl (C=O) groups is 2. The van der Waals surface area contributed by atoms with Gasteiger partial charge in [0.15, 0.2) is 0 Å². The minimum Gasteiger partial charge on any atom is -0.469 e. The summed E-state index contributed by atoms with van der Waals surface area (Å²) in [7, 11) is 1.35. The van der Waals surface area contributed by atoms with Crippen LogP contribution < -0.4 is 0 Å². The molecule has 9 nitrogen and oxygen atoms in total. The summed E-state index contributed by atoms with van der Waals surface area (Å²) in [6.07, 6.45) is 3.46. The molecule has 2 rings (SSSR count). The quantitative estimate of drug-likeness (QED) is 0.446. The fourth-order valence-corrected chi connectivity index (χ4v) is 2.30. The van der Waals surface area contributed by atoms with Crippen LogP contribution in [0.5, 0.6) is 0 Å². The number of carbonyl (C=O) groups excluding carboxylic acids is 2. The number of amides is 1. The van der Waals surface area contributed by atoms with Crippen molar-refractivity contribution in [3.05, 3.63) is 22.5 Å². The number of likely N-dealkylation sites (tertiary alicyclic amines) is 1. The van der Waals surface area contributed by atoms with Crippen molar-refractivity contribution in [3.63, 3.8) is 0 Å². The lowest BCUT2D eigenvalue weighted by molar-refractivity contribution is -0.385. The summed E-state index contributed by atoms with van der Waals surface area (Å²) in [4.78, 5) is 35.1. The molecule has 0 atom stereocenters. The minimum absolute atomic E-state index is 0.0449. The van der Waals surface area contributed by atoms with Crippen molar-refractivity contribution in [2.45, 2.75) is 19.4 Å². The number of nitrogens with zero attached hydrogens (tertiary/aromatic N) is 4. The number of rotatable bonds is 4. The maximum absolute atomic E-state index is 12.1. The van der Waals surface area contributed by atoms with Crippen LogP contribution >= 0.6 is 0 Å². The normalized spacial score (nSPS) is 15.8. The van der Waals surface area contributed by atoms with Gasteiger partial charge in [-0.2, -0.15) is 5.10 Å². The van der Waals surface area contributed by atoms with Gasteiger partial charge < -0.3 is 9.64 Å². The van der Waals surface area contributed by atoms with Crippen molar-refractivity contribution in [3.8, 4) is 0 Å². The molecule has 1 aliphatic heterocycles. The molecular weight excluding hydrogens is 280 g/mol. The van der Waals surface area contributed by atoms with Crippen molar-refractivity contribution in [1.29, 1.82) is 0 Å². The highest BCUT2D eigenvalue weighted by molar-refractivity contribution is 5.77. The van der Waals surface area contributed by atoms with Crippen LogP contribution in [0.15, 0.2) is 12.4 Å². The summed E-state index contributed by atoms with van der Waals surface area (Å²) in [5.41, 5.74) is -0.146. The Morgan fingerprint density at radius 1 is 1.48 bits per heavy atom. The van der Waals surface area contributed by atoms with Gasteiger partial charge in [-0.15, -0.1) is 0 Å². The lowest BCUT2D eigenvalue weighted by atomic mass is 9.97. The van der Waals surface area contributed by atoms with E-state index >= 15 is 0 Å². The SMILES string of the molecule is COC(=O)C1CCN(C(=O)Cn2cc([N+](=O)[O-])cn2)CC1. The molecule has 21 heavy (non-hydrogen) atoms. The Morgan fingerprint density at radius 2 is 2.14 bits per heavy atom. The van der Waals surface area contributed by atoms with Crippen molar-refractivity contribution in [2.75, 3.05) is 20.2 Å². The number of piperidine rings is 1. The molecule has 1 aromatic rings.